The summed E-state index contributed by atoms with van der Waals surface area (Å²) >= 11 is 6.13. The van der Waals surface area contributed by atoms with Crippen LogP contribution in [0.15, 0.2) is 12.1 Å². The molecule has 0 bridgehead atoms. The standard InChI is InChI=1S/C14H21ClO3/c1-5-9(6-2)13(16)10-7-11(15)14(18-4)12(8-10)17-3/h7-9,13,16H,5-6H2,1-4H3. The van der Waals surface area contributed by atoms with Gasteiger partial charge in [-0.05, 0) is 23.6 Å². The largest absolute Gasteiger partial charge is 0.493 e. The Morgan fingerprint density at radius 3 is 2.22 bits per heavy atom. The molecule has 1 unspecified atom stereocenters. The molecule has 3 nitrogen and oxygen atoms in total. The summed E-state index contributed by atoms with van der Waals surface area (Å²) in [5, 5.41) is 10.8. The van der Waals surface area contributed by atoms with Crippen LogP contribution >= 0.6 is 11.6 Å². The minimum absolute atomic E-state index is 0.221. The molecule has 1 rings (SSSR count). The molecule has 0 aromatic heterocycles. The van der Waals surface area contributed by atoms with Gasteiger partial charge in [-0.3, -0.25) is 0 Å². The first-order chi connectivity index (χ1) is 8.58. The van der Waals surface area contributed by atoms with E-state index in [1.54, 1.807) is 26.4 Å². The zero-order chi connectivity index (χ0) is 13.7. The number of rotatable bonds is 6. The highest BCUT2D eigenvalue weighted by atomic mass is 35.5. The number of benzene rings is 1. The lowest BCUT2D eigenvalue weighted by atomic mass is 9.91. The summed E-state index contributed by atoms with van der Waals surface area (Å²) in [5.41, 5.74) is 0.770. The first kappa shape index (κ1) is 15.1. The van der Waals surface area contributed by atoms with Gasteiger partial charge in [0.1, 0.15) is 0 Å². The lowest BCUT2D eigenvalue weighted by Crippen LogP contribution is -2.11. The maximum atomic E-state index is 10.3. The van der Waals surface area contributed by atoms with Crippen molar-refractivity contribution in [2.75, 3.05) is 14.2 Å². The van der Waals surface area contributed by atoms with E-state index < -0.39 is 6.10 Å². The summed E-state index contributed by atoms with van der Waals surface area (Å²) in [6.07, 6.45) is 1.31. The van der Waals surface area contributed by atoms with Crippen LogP contribution in [0.1, 0.15) is 38.4 Å². The number of halogens is 1. The third-order valence-corrected chi connectivity index (χ3v) is 3.57. The van der Waals surface area contributed by atoms with E-state index in [9.17, 15) is 5.11 Å². The molecular weight excluding hydrogens is 252 g/mol. The Kier molecular flexibility index (Phi) is 5.76. The fourth-order valence-corrected chi connectivity index (χ4v) is 2.41. The minimum atomic E-state index is -0.530. The van der Waals surface area contributed by atoms with Gasteiger partial charge in [-0.25, -0.2) is 0 Å². The van der Waals surface area contributed by atoms with Crippen LogP contribution in [-0.2, 0) is 0 Å². The van der Waals surface area contributed by atoms with E-state index in [1.165, 1.54) is 0 Å². The molecule has 1 aromatic rings. The van der Waals surface area contributed by atoms with Gasteiger partial charge in [0, 0.05) is 0 Å². The number of hydrogen-bond donors (Lipinski definition) is 1. The first-order valence-corrected chi connectivity index (χ1v) is 6.56. The zero-order valence-corrected chi connectivity index (χ0v) is 12.1. The van der Waals surface area contributed by atoms with Gasteiger partial charge in [0.15, 0.2) is 11.5 Å². The SMILES string of the molecule is CCC(CC)C(O)c1cc(Cl)c(OC)c(OC)c1. The predicted molar refractivity (Wildman–Crippen MR) is 73.6 cm³/mol. The van der Waals surface area contributed by atoms with Crippen LogP contribution in [0.25, 0.3) is 0 Å². The van der Waals surface area contributed by atoms with Crippen LogP contribution in [0.4, 0.5) is 0 Å². The third-order valence-electron chi connectivity index (χ3n) is 3.29. The van der Waals surface area contributed by atoms with E-state index >= 15 is 0 Å². The van der Waals surface area contributed by atoms with Crippen molar-refractivity contribution in [1.82, 2.24) is 0 Å². The van der Waals surface area contributed by atoms with Gasteiger partial charge >= 0.3 is 0 Å². The molecule has 0 saturated carbocycles. The lowest BCUT2D eigenvalue weighted by molar-refractivity contribution is 0.103. The topological polar surface area (TPSA) is 38.7 Å². The van der Waals surface area contributed by atoms with Gasteiger partial charge in [-0.1, -0.05) is 38.3 Å². The highest BCUT2D eigenvalue weighted by Crippen LogP contribution is 2.39. The Labute approximate surface area is 114 Å². The Morgan fingerprint density at radius 2 is 1.78 bits per heavy atom. The lowest BCUT2D eigenvalue weighted by Gasteiger charge is -2.22. The van der Waals surface area contributed by atoms with E-state index in [-0.39, 0.29) is 5.92 Å². The molecule has 0 aliphatic carbocycles. The number of hydrogen-bond acceptors (Lipinski definition) is 3. The normalized spacial score (nSPS) is 12.6. The van der Waals surface area contributed by atoms with Crippen molar-refractivity contribution in [3.05, 3.63) is 22.7 Å². The molecule has 102 valence electrons. The predicted octanol–water partition coefficient (Wildman–Crippen LogP) is 3.83. The van der Waals surface area contributed by atoms with Crippen molar-refractivity contribution in [3.8, 4) is 11.5 Å². The summed E-state index contributed by atoms with van der Waals surface area (Å²) in [6.45, 7) is 4.14. The molecule has 4 heteroatoms. The molecule has 0 heterocycles. The average Bonchev–Trinajstić information content (AvgIpc) is 2.38. The molecule has 0 spiro atoms. The molecule has 1 atom stereocenters. The summed E-state index contributed by atoms with van der Waals surface area (Å²) in [5.74, 6) is 1.27. The van der Waals surface area contributed by atoms with Crippen molar-refractivity contribution >= 4 is 11.6 Å². The first-order valence-electron chi connectivity index (χ1n) is 6.18. The van der Waals surface area contributed by atoms with Gasteiger partial charge in [0.05, 0.1) is 25.3 Å². The third kappa shape index (κ3) is 3.09. The monoisotopic (exact) mass is 272 g/mol. The molecule has 0 aliphatic rings. The Bertz CT molecular complexity index is 389. The van der Waals surface area contributed by atoms with E-state index in [4.69, 9.17) is 21.1 Å². The molecule has 0 saturated heterocycles. The fourth-order valence-electron chi connectivity index (χ4n) is 2.12. The average molecular weight is 273 g/mol. The summed E-state index contributed by atoms with van der Waals surface area (Å²) in [7, 11) is 3.10. The fraction of sp³-hybridized carbons (Fsp3) is 0.571. The molecule has 0 aliphatic heterocycles. The Morgan fingerprint density at radius 1 is 1.17 bits per heavy atom. The van der Waals surface area contributed by atoms with Crippen LogP contribution in [0, 0.1) is 5.92 Å². The number of ether oxygens (including phenoxy) is 2. The van der Waals surface area contributed by atoms with Crippen LogP contribution < -0.4 is 9.47 Å². The second kappa shape index (κ2) is 6.86. The Balaban J connectivity index is 3.14. The molecular formula is C14H21ClO3. The van der Waals surface area contributed by atoms with E-state index in [1.807, 2.05) is 0 Å². The Hall–Kier alpha value is -0.930. The molecule has 1 aromatic carbocycles. The van der Waals surface area contributed by atoms with E-state index in [0.29, 0.717) is 16.5 Å². The highest BCUT2D eigenvalue weighted by molar-refractivity contribution is 6.32. The number of aliphatic hydroxyl groups excluding tert-OH is 1. The molecule has 0 fully saturated rings. The second-order valence-corrected chi connectivity index (χ2v) is 4.67. The van der Waals surface area contributed by atoms with Crippen molar-refractivity contribution in [3.63, 3.8) is 0 Å². The summed E-state index contributed by atoms with van der Waals surface area (Å²) in [6, 6.07) is 3.53. The molecule has 1 N–H and O–H groups in total. The number of methoxy groups -OCH3 is 2. The van der Waals surface area contributed by atoms with Crippen LogP contribution in [-0.4, -0.2) is 19.3 Å². The van der Waals surface area contributed by atoms with Crippen LogP contribution in [0.5, 0.6) is 11.5 Å². The maximum absolute atomic E-state index is 10.3. The summed E-state index contributed by atoms with van der Waals surface area (Å²) < 4.78 is 10.4. The second-order valence-electron chi connectivity index (χ2n) is 4.26. The van der Waals surface area contributed by atoms with Crippen molar-refractivity contribution < 1.29 is 14.6 Å². The van der Waals surface area contributed by atoms with E-state index in [0.717, 1.165) is 18.4 Å². The van der Waals surface area contributed by atoms with Crippen LogP contribution in [0.3, 0.4) is 0 Å². The smallest absolute Gasteiger partial charge is 0.179 e. The minimum Gasteiger partial charge on any atom is -0.493 e. The molecule has 0 radical (unpaired) electrons. The quantitative estimate of drug-likeness (QED) is 0.855. The van der Waals surface area contributed by atoms with Crippen molar-refractivity contribution in [2.24, 2.45) is 5.92 Å². The maximum Gasteiger partial charge on any atom is 0.179 e. The van der Waals surface area contributed by atoms with Crippen molar-refractivity contribution in [1.29, 1.82) is 0 Å². The zero-order valence-electron chi connectivity index (χ0n) is 11.4. The molecule has 18 heavy (non-hydrogen) atoms. The highest BCUT2D eigenvalue weighted by Gasteiger charge is 2.21. The van der Waals surface area contributed by atoms with Crippen LogP contribution in [0.2, 0.25) is 5.02 Å². The van der Waals surface area contributed by atoms with Gasteiger partial charge in [0.2, 0.25) is 0 Å². The van der Waals surface area contributed by atoms with Gasteiger partial charge < -0.3 is 14.6 Å². The number of aliphatic hydroxyl groups is 1. The van der Waals surface area contributed by atoms with Gasteiger partial charge in [-0.15, -0.1) is 0 Å². The van der Waals surface area contributed by atoms with E-state index in [2.05, 4.69) is 13.8 Å². The molecule has 0 amide bonds. The van der Waals surface area contributed by atoms with Crippen molar-refractivity contribution in [2.45, 2.75) is 32.8 Å². The van der Waals surface area contributed by atoms with Gasteiger partial charge in [0.25, 0.3) is 0 Å². The summed E-state index contributed by atoms with van der Waals surface area (Å²) in [4.78, 5) is 0. The van der Waals surface area contributed by atoms with Gasteiger partial charge in [-0.2, -0.15) is 0 Å².